The van der Waals surface area contributed by atoms with Crippen molar-refractivity contribution in [3.05, 3.63) is 0 Å². The molecular formula is C11H18N2O3. The summed E-state index contributed by atoms with van der Waals surface area (Å²) >= 11 is 0. The summed E-state index contributed by atoms with van der Waals surface area (Å²) in [4.78, 5) is 24.1. The van der Waals surface area contributed by atoms with Gasteiger partial charge in [-0.15, -0.1) is 0 Å². The number of hydrogen-bond acceptors (Lipinski definition) is 4. The van der Waals surface area contributed by atoms with Gasteiger partial charge in [-0.2, -0.15) is 0 Å². The molecule has 0 aromatic carbocycles. The Kier molecular flexibility index (Phi) is 3.25. The first-order valence-corrected chi connectivity index (χ1v) is 5.75. The fourth-order valence-electron chi connectivity index (χ4n) is 2.25. The van der Waals surface area contributed by atoms with Gasteiger partial charge in [0.2, 0.25) is 11.8 Å². The summed E-state index contributed by atoms with van der Waals surface area (Å²) < 4.78 is 5.45. The molecule has 3 unspecified atom stereocenters. The number of ether oxygens (including phenoxy) is 1. The van der Waals surface area contributed by atoms with Crippen LogP contribution in [0.2, 0.25) is 0 Å². The Hall–Kier alpha value is -0.940. The van der Waals surface area contributed by atoms with Crippen LogP contribution in [0.3, 0.4) is 0 Å². The summed E-state index contributed by atoms with van der Waals surface area (Å²) in [6.07, 6.45) is 1.56. The van der Waals surface area contributed by atoms with Crippen molar-refractivity contribution in [3.8, 4) is 0 Å². The molecule has 0 spiro atoms. The van der Waals surface area contributed by atoms with E-state index in [2.05, 4.69) is 5.32 Å². The highest BCUT2D eigenvalue weighted by Gasteiger charge is 2.36. The van der Waals surface area contributed by atoms with Crippen molar-refractivity contribution in [2.24, 2.45) is 5.92 Å². The molecular weight excluding hydrogens is 208 g/mol. The lowest BCUT2D eigenvalue weighted by Gasteiger charge is -2.17. The predicted octanol–water partition coefficient (Wildman–Crippen LogP) is -0.242. The maximum absolute atomic E-state index is 11.6. The minimum Gasteiger partial charge on any atom is -0.378 e. The molecule has 2 aliphatic rings. The van der Waals surface area contributed by atoms with Crippen molar-refractivity contribution in [2.75, 3.05) is 20.2 Å². The third-order valence-electron chi connectivity index (χ3n) is 3.54. The average molecular weight is 226 g/mol. The third-order valence-corrected chi connectivity index (χ3v) is 3.54. The minimum atomic E-state index is -0.328. The zero-order valence-corrected chi connectivity index (χ0v) is 9.73. The molecule has 0 aromatic heterocycles. The molecule has 5 nitrogen and oxygen atoms in total. The van der Waals surface area contributed by atoms with Crippen LogP contribution >= 0.6 is 0 Å². The first-order valence-electron chi connectivity index (χ1n) is 5.75. The first kappa shape index (κ1) is 11.5. The van der Waals surface area contributed by atoms with E-state index in [9.17, 15) is 9.59 Å². The Balaban J connectivity index is 1.82. The van der Waals surface area contributed by atoms with E-state index >= 15 is 0 Å². The van der Waals surface area contributed by atoms with E-state index in [4.69, 9.17) is 4.74 Å². The number of amides is 2. The maximum atomic E-state index is 11.6. The summed E-state index contributed by atoms with van der Waals surface area (Å²) in [6.45, 7) is 3.59. The number of carbonyl (C=O) groups is 2. The second kappa shape index (κ2) is 4.51. The average Bonchev–Trinajstić information content (AvgIpc) is 2.76. The molecule has 3 atom stereocenters. The van der Waals surface area contributed by atoms with Crippen LogP contribution in [-0.4, -0.2) is 49.1 Å². The topological polar surface area (TPSA) is 58.6 Å². The standard InChI is InChI=1S/C11H18N2O3/c1-7-8(3-4-16-7)6-12-9-5-10(14)13(2)11(9)15/h7-9,12H,3-6H2,1-2H3. The predicted molar refractivity (Wildman–Crippen MR) is 57.7 cm³/mol. The molecule has 16 heavy (non-hydrogen) atoms. The summed E-state index contributed by atoms with van der Waals surface area (Å²) in [7, 11) is 1.54. The van der Waals surface area contributed by atoms with Crippen molar-refractivity contribution in [1.82, 2.24) is 10.2 Å². The number of nitrogens with zero attached hydrogens (tertiary/aromatic N) is 1. The normalized spacial score (nSPS) is 35.1. The zero-order valence-electron chi connectivity index (χ0n) is 9.73. The largest absolute Gasteiger partial charge is 0.378 e. The lowest BCUT2D eigenvalue weighted by molar-refractivity contribution is -0.137. The van der Waals surface area contributed by atoms with Gasteiger partial charge in [0.05, 0.1) is 18.6 Å². The molecule has 0 radical (unpaired) electrons. The van der Waals surface area contributed by atoms with E-state index in [0.29, 0.717) is 5.92 Å². The molecule has 0 saturated carbocycles. The molecule has 2 rings (SSSR count). The van der Waals surface area contributed by atoms with Crippen LogP contribution in [0.25, 0.3) is 0 Å². The Morgan fingerprint density at radius 1 is 1.50 bits per heavy atom. The molecule has 2 fully saturated rings. The monoisotopic (exact) mass is 226 g/mol. The van der Waals surface area contributed by atoms with Crippen LogP contribution in [0.4, 0.5) is 0 Å². The van der Waals surface area contributed by atoms with Gasteiger partial charge in [0, 0.05) is 20.2 Å². The Bertz CT molecular complexity index is 306. The highest BCUT2D eigenvalue weighted by Crippen LogP contribution is 2.20. The molecule has 2 aliphatic heterocycles. The third kappa shape index (κ3) is 2.10. The summed E-state index contributed by atoms with van der Waals surface area (Å²) in [5, 5.41) is 3.17. The first-order chi connectivity index (χ1) is 7.59. The maximum Gasteiger partial charge on any atom is 0.246 e. The van der Waals surface area contributed by atoms with Crippen LogP contribution < -0.4 is 5.32 Å². The molecule has 0 bridgehead atoms. The number of imide groups is 1. The van der Waals surface area contributed by atoms with Gasteiger partial charge in [-0.3, -0.25) is 14.5 Å². The van der Waals surface area contributed by atoms with Crippen LogP contribution in [0.5, 0.6) is 0 Å². The highest BCUT2D eigenvalue weighted by molar-refractivity contribution is 6.05. The van der Waals surface area contributed by atoms with E-state index < -0.39 is 0 Å². The number of nitrogens with one attached hydrogen (secondary N) is 1. The minimum absolute atomic E-state index is 0.0989. The Labute approximate surface area is 95.1 Å². The number of likely N-dealkylation sites (N-methyl/N-ethyl adjacent to an activating group) is 1. The summed E-state index contributed by atoms with van der Waals surface area (Å²) in [5.41, 5.74) is 0. The van der Waals surface area contributed by atoms with Gasteiger partial charge in [0.15, 0.2) is 0 Å². The molecule has 5 heteroatoms. The second-order valence-electron chi connectivity index (χ2n) is 4.58. The molecule has 2 heterocycles. The van der Waals surface area contributed by atoms with Gasteiger partial charge in [0.25, 0.3) is 0 Å². The molecule has 0 aliphatic carbocycles. The van der Waals surface area contributed by atoms with Crippen LogP contribution in [0, 0.1) is 5.92 Å². The Morgan fingerprint density at radius 3 is 2.75 bits per heavy atom. The van der Waals surface area contributed by atoms with Crippen molar-refractivity contribution in [3.63, 3.8) is 0 Å². The number of likely N-dealkylation sites (tertiary alicyclic amines) is 1. The van der Waals surface area contributed by atoms with Crippen LogP contribution in [0.1, 0.15) is 19.8 Å². The van der Waals surface area contributed by atoms with E-state index in [-0.39, 0.29) is 30.4 Å². The smallest absolute Gasteiger partial charge is 0.246 e. The fraction of sp³-hybridized carbons (Fsp3) is 0.818. The van der Waals surface area contributed by atoms with Crippen molar-refractivity contribution in [1.29, 1.82) is 0 Å². The van der Waals surface area contributed by atoms with E-state index in [1.165, 1.54) is 11.9 Å². The SMILES string of the molecule is CC1OCCC1CNC1CC(=O)N(C)C1=O. The summed E-state index contributed by atoms with van der Waals surface area (Å²) in [5.74, 6) is 0.239. The van der Waals surface area contributed by atoms with Gasteiger partial charge in [0.1, 0.15) is 0 Å². The molecule has 2 saturated heterocycles. The zero-order chi connectivity index (χ0) is 11.7. The molecule has 1 N–H and O–H groups in total. The number of carbonyl (C=O) groups excluding carboxylic acids is 2. The second-order valence-corrected chi connectivity index (χ2v) is 4.58. The van der Waals surface area contributed by atoms with E-state index in [1.807, 2.05) is 6.92 Å². The highest BCUT2D eigenvalue weighted by atomic mass is 16.5. The van der Waals surface area contributed by atoms with Crippen LogP contribution in [0.15, 0.2) is 0 Å². The fourth-order valence-corrected chi connectivity index (χ4v) is 2.25. The van der Waals surface area contributed by atoms with E-state index in [1.54, 1.807) is 0 Å². The van der Waals surface area contributed by atoms with E-state index in [0.717, 1.165) is 19.6 Å². The van der Waals surface area contributed by atoms with Crippen molar-refractivity contribution < 1.29 is 14.3 Å². The molecule has 90 valence electrons. The summed E-state index contributed by atoms with van der Waals surface area (Å²) in [6, 6.07) is -0.328. The van der Waals surface area contributed by atoms with Gasteiger partial charge in [-0.1, -0.05) is 0 Å². The molecule has 2 amide bonds. The lowest BCUT2D eigenvalue weighted by atomic mass is 10.0. The van der Waals surface area contributed by atoms with Crippen molar-refractivity contribution in [2.45, 2.75) is 31.9 Å². The quantitative estimate of drug-likeness (QED) is 0.675. The number of hydrogen-bond donors (Lipinski definition) is 1. The Morgan fingerprint density at radius 2 is 2.25 bits per heavy atom. The number of rotatable bonds is 3. The van der Waals surface area contributed by atoms with Gasteiger partial charge in [-0.05, 0) is 19.3 Å². The van der Waals surface area contributed by atoms with Gasteiger partial charge in [-0.25, -0.2) is 0 Å². The molecule has 0 aromatic rings. The van der Waals surface area contributed by atoms with Crippen LogP contribution in [-0.2, 0) is 14.3 Å². The van der Waals surface area contributed by atoms with Crippen molar-refractivity contribution >= 4 is 11.8 Å². The van der Waals surface area contributed by atoms with Gasteiger partial charge >= 0.3 is 0 Å². The van der Waals surface area contributed by atoms with Gasteiger partial charge < -0.3 is 10.1 Å². The lowest BCUT2D eigenvalue weighted by Crippen LogP contribution is -2.40.